The van der Waals surface area contributed by atoms with Crippen LogP contribution in [0.1, 0.15) is 17.2 Å². The molecule has 4 nitrogen and oxygen atoms in total. The molecule has 0 saturated heterocycles. The number of benzene rings is 3. The Morgan fingerprint density at radius 2 is 1.57 bits per heavy atom. The number of nitrogens with zero attached hydrogens (tertiary/aromatic N) is 2. The molecule has 0 bridgehead atoms. The second-order valence-electron chi connectivity index (χ2n) is 7.28. The lowest BCUT2D eigenvalue weighted by molar-refractivity contribution is -0.115. The SMILES string of the molecule is O=C1C2=C(C(c3ccc(Cl)cc3)=NCCN2)C(c2ccccc2)N1c1ccccc1. The van der Waals surface area contributed by atoms with Gasteiger partial charge in [-0.2, -0.15) is 0 Å². The van der Waals surface area contributed by atoms with Crippen molar-refractivity contribution in [2.24, 2.45) is 4.99 Å². The number of rotatable bonds is 3. The molecular formula is C25H20ClN3O. The fourth-order valence-electron chi connectivity index (χ4n) is 4.13. The largest absolute Gasteiger partial charge is 0.378 e. The summed E-state index contributed by atoms with van der Waals surface area (Å²) in [5.41, 5.74) is 5.24. The molecule has 2 aliphatic heterocycles. The monoisotopic (exact) mass is 413 g/mol. The highest BCUT2D eigenvalue weighted by atomic mass is 35.5. The molecule has 5 rings (SSSR count). The average Bonchev–Trinajstić information content (AvgIpc) is 2.93. The third-order valence-electron chi connectivity index (χ3n) is 5.44. The highest BCUT2D eigenvalue weighted by molar-refractivity contribution is 6.31. The third-order valence-corrected chi connectivity index (χ3v) is 5.69. The van der Waals surface area contributed by atoms with Gasteiger partial charge in [-0.15, -0.1) is 0 Å². The van der Waals surface area contributed by atoms with E-state index in [1.807, 2.05) is 77.7 Å². The molecule has 0 radical (unpaired) electrons. The molecule has 2 heterocycles. The van der Waals surface area contributed by atoms with E-state index in [0.717, 1.165) is 28.1 Å². The van der Waals surface area contributed by atoms with Crippen LogP contribution in [-0.4, -0.2) is 24.7 Å². The van der Waals surface area contributed by atoms with Gasteiger partial charge in [0.1, 0.15) is 5.70 Å². The van der Waals surface area contributed by atoms with Gasteiger partial charge in [-0.25, -0.2) is 0 Å². The Morgan fingerprint density at radius 1 is 0.900 bits per heavy atom. The number of carbonyl (C=O) groups excluding carboxylic acids is 1. The first-order valence-electron chi connectivity index (χ1n) is 9.96. The number of halogens is 1. The molecule has 2 aliphatic rings. The van der Waals surface area contributed by atoms with Gasteiger partial charge in [0.25, 0.3) is 5.91 Å². The van der Waals surface area contributed by atoms with Crippen molar-refractivity contribution in [1.82, 2.24) is 5.32 Å². The minimum Gasteiger partial charge on any atom is -0.378 e. The summed E-state index contributed by atoms with van der Waals surface area (Å²) in [6, 6.07) is 27.3. The molecule has 1 N–H and O–H groups in total. The van der Waals surface area contributed by atoms with E-state index in [2.05, 4.69) is 17.4 Å². The summed E-state index contributed by atoms with van der Waals surface area (Å²) in [5, 5.41) is 4.03. The van der Waals surface area contributed by atoms with Gasteiger partial charge in [0, 0.05) is 28.4 Å². The molecule has 0 aromatic heterocycles. The highest BCUT2D eigenvalue weighted by Gasteiger charge is 2.43. The van der Waals surface area contributed by atoms with E-state index in [1.165, 1.54) is 0 Å². The zero-order valence-corrected chi connectivity index (χ0v) is 17.0. The number of aliphatic imine (C=N–C) groups is 1. The van der Waals surface area contributed by atoms with Crippen molar-refractivity contribution in [3.8, 4) is 0 Å². The standard InChI is InChI=1S/C25H20ClN3O/c26-19-13-11-17(12-14-19)22-21-23(28-16-15-27-22)25(30)29(20-9-5-2-6-10-20)24(21)18-7-3-1-4-8-18/h1-14,24,28H,15-16H2. The molecule has 0 saturated carbocycles. The van der Waals surface area contributed by atoms with Gasteiger partial charge in [0.05, 0.1) is 18.3 Å². The van der Waals surface area contributed by atoms with Crippen LogP contribution in [0, 0.1) is 0 Å². The van der Waals surface area contributed by atoms with Gasteiger partial charge in [-0.05, 0) is 29.8 Å². The Kier molecular flexibility index (Phi) is 4.85. The van der Waals surface area contributed by atoms with Gasteiger partial charge >= 0.3 is 0 Å². The molecule has 1 unspecified atom stereocenters. The molecule has 1 amide bonds. The Morgan fingerprint density at radius 3 is 2.27 bits per heavy atom. The predicted molar refractivity (Wildman–Crippen MR) is 121 cm³/mol. The maximum absolute atomic E-state index is 13.6. The topological polar surface area (TPSA) is 44.7 Å². The molecule has 5 heteroatoms. The number of hydrogen-bond acceptors (Lipinski definition) is 3. The lowest BCUT2D eigenvalue weighted by Gasteiger charge is -2.28. The van der Waals surface area contributed by atoms with Gasteiger partial charge in [-0.1, -0.05) is 72.3 Å². The van der Waals surface area contributed by atoms with E-state index in [0.29, 0.717) is 23.8 Å². The zero-order chi connectivity index (χ0) is 20.5. The van der Waals surface area contributed by atoms with Crippen LogP contribution in [0.3, 0.4) is 0 Å². The molecule has 148 valence electrons. The first kappa shape index (κ1) is 18.6. The van der Waals surface area contributed by atoms with Gasteiger partial charge < -0.3 is 5.32 Å². The summed E-state index contributed by atoms with van der Waals surface area (Å²) >= 11 is 6.12. The average molecular weight is 414 g/mol. The third kappa shape index (κ3) is 3.19. The van der Waals surface area contributed by atoms with E-state index < -0.39 is 0 Å². The minimum absolute atomic E-state index is 0.0337. The zero-order valence-electron chi connectivity index (χ0n) is 16.3. The van der Waals surface area contributed by atoms with E-state index >= 15 is 0 Å². The van der Waals surface area contributed by atoms with Crippen molar-refractivity contribution in [2.75, 3.05) is 18.0 Å². The number of carbonyl (C=O) groups is 1. The van der Waals surface area contributed by atoms with Crippen LogP contribution in [-0.2, 0) is 4.79 Å². The predicted octanol–water partition coefficient (Wildman–Crippen LogP) is 4.77. The summed E-state index contributed by atoms with van der Waals surface area (Å²) in [5.74, 6) is -0.0337. The molecular weight excluding hydrogens is 394 g/mol. The maximum Gasteiger partial charge on any atom is 0.275 e. The summed E-state index contributed by atoms with van der Waals surface area (Å²) in [4.78, 5) is 20.4. The first-order valence-corrected chi connectivity index (χ1v) is 10.3. The van der Waals surface area contributed by atoms with Crippen molar-refractivity contribution >= 4 is 28.9 Å². The number of anilines is 1. The van der Waals surface area contributed by atoms with E-state index in [-0.39, 0.29) is 11.9 Å². The number of nitrogens with one attached hydrogen (secondary N) is 1. The quantitative estimate of drug-likeness (QED) is 0.671. The van der Waals surface area contributed by atoms with Crippen LogP contribution in [0.2, 0.25) is 5.02 Å². The lowest BCUT2D eigenvalue weighted by atomic mass is 9.91. The fourth-order valence-corrected chi connectivity index (χ4v) is 4.26. The molecule has 30 heavy (non-hydrogen) atoms. The Labute approximate surface area is 180 Å². The Bertz CT molecular complexity index is 1140. The second kappa shape index (κ2) is 7.81. The molecule has 0 fully saturated rings. The summed E-state index contributed by atoms with van der Waals surface area (Å²) in [7, 11) is 0. The van der Waals surface area contributed by atoms with Crippen molar-refractivity contribution in [3.05, 3.63) is 112 Å². The van der Waals surface area contributed by atoms with Crippen LogP contribution < -0.4 is 10.2 Å². The Balaban J connectivity index is 1.72. The van der Waals surface area contributed by atoms with E-state index in [4.69, 9.17) is 16.6 Å². The van der Waals surface area contributed by atoms with Gasteiger partial charge in [0.15, 0.2) is 0 Å². The van der Waals surface area contributed by atoms with Gasteiger partial charge in [-0.3, -0.25) is 14.7 Å². The number of hydrogen-bond donors (Lipinski definition) is 1. The smallest absolute Gasteiger partial charge is 0.275 e. The number of amides is 1. The molecule has 3 aromatic rings. The lowest BCUT2D eigenvalue weighted by Crippen LogP contribution is -2.33. The molecule has 0 aliphatic carbocycles. The molecule has 0 spiro atoms. The van der Waals surface area contributed by atoms with Crippen LogP contribution >= 0.6 is 11.6 Å². The fraction of sp³-hybridized carbons (Fsp3) is 0.120. The van der Waals surface area contributed by atoms with E-state index in [9.17, 15) is 4.79 Å². The normalized spacial score (nSPS) is 18.6. The molecule has 1 atom stereocenters. The highest BCUT2D eigenvalue weighted by Crippen LogP contribution is 2.42. The van der Waals surface area contributed by atoms with Crippen LogP contribution in [0.25, 0.3) is 0 Å². The summed E-state index contributed by atoms with van der Waals surface area (Å²) in [6.07, 6.45) is 0. The summed E-state index contributed by atoms with van der Waals surface area (Å²) in [6.45, 7) is 1.22. The van der Waals surface area contributed by atoms with Crippen molar-refractivity contribution in [2.45, 2.75) is 6.04 Å². The summed E-state index contributed by atoms with van der Waals surface area (Å²) < 4.78 is 0. The Hall–Kier alpha value is -3.37. The van der Waals surface area contributed by atoms with Gasteiger partial charge in [0.2, 0.25) is 0 Å². The van der Waals surface area contributed by atoms with E-state index in [1.54, 1.807) is 0 Å². The van der Waals surface area contributed by atoms with Crippen molar-refractivity contribution in [1.29, 1.82) is 0 Å². The number of para-hydroxylation sites is 1. The first-order chi connectivity index (χ1) is 14.7. The second-order valence-corrected chi connectivity index (χ2v) is 7.71. The maximum atomic E-state index is 13.6. The van der Waals surface area contributed by atoms with Crippen LogP contribution in [0.4, 0.5) is 5.69 Å². The molecule has 3 aromatic carbocycles. The van der Waals surface area contributed by atoms with Crippen LogP contribution in [0.5, 0.6) is 0 Å². The van der Waals surface area contributed by atoms with Crippen molar-refractivity contribution in [3.63, 3.8) is 0 Å². The van der Waals surface area contributed by atoms with Crippen LogP contribution in [0.15, 0.2) is 101 Å². The van der Waals surface area contributed by atoms with Crippen molar-refractivity contribution < 1.29 is 4.79 Å². The minimum atomic E-state index is -0.267.